The molecule has 0 N–H and O–H groups in total. The highest BCUT2D eigenvalue weighted by atomic mass is 32.2. The van der Waals surface area contributed by atoms with Crippen LogP contribution in [0.25, 0.3) is 11.1 Å². The molecule has 1 fully saturated rings. The SMILES string of the molecule is CCOc1ccc(S(=O)(=O)N2CCN(C(=O)c3sccc3-c3ccccc3)CC2)cc1. The highest BCUT2D eigenvalue weighted by molar-refractivity contribution is 7.89. The number of piperazine rings is 1. The van der Waals surface area contributed by atoms with Crippen molar-refractivity contribution in [1.82, 2.24) is 9.21 Å². The van der Waals surface area contributed by atoms with Crippen molar-refractivity contribution in [3.63, 3.8) is 0 Å². The number of nitrogens with zero attached hydrogens (tertiary/aromatic N) is 2. The maximum atomic E-state index is 13.1. The zero-order valence-electron chi connectivity index (χ0n) is 17.2. The van der Waals surface area contributed by atoms with E-state index in [0.717, 1.165) is 11.1 Å². The number of hydrogen-bond acceptors (Lipinski definition) is 5. The molecular formula is C23H24N2O4S2. The minimum atomic E-state index is -3.61. The molecule has 0 bridgehead atoms. The second kappa shape index (κ2) is 9.21. The Morgan fingerprint density at radius 3 is 2.29 bits per heavy atom. The molecule has 3 aromatic rings. The zero-order valence-corrected chi connectivity index (χ0v) is 18.9. The van der Waals surface area contributed by atoms with Crippen molar-refractivity contribution < 1.29 is 17.9 Å². The second-order valence-corrected chi connectivity index (χ2v) is 9.98. The first-order valence-corrected chi connectivity index (χ1v) is 12.5. The normalized spacial score (nSPS) is 15.1. The van der Waals surface area contributed by atoms with Gasteiger partial charge in [0.05, 0.1) is 16.4 Å². The molecule has 31 heavy (non-hydrogen) atoms. The molecule has 0 unspecified atom stereocenters. The van der Waals surface area contributed by atoms with Gasteiger partial charge >= 0.3 is 0 Å². The van der Waals surface area contributed by atoms with E-state index in [2.05, 4.69) is 0 Å². The summed E-state index contributed by atoms with van der Waals surface area (Å²) in [5, 5.41) is 1.92. The molecule has 0 radical (unpaired) electrons. The average Bonchev–Trinajstić information content (AvgIpc) is 3.30. The van der Waals surface area contributed by atoms with Crippen LogP contribution in [0.15, 0.2) is 70.9 Å². The van der Waals surface area contributed by atoms with Crippen LogP contribution >= 0.6 is 11.3 Å². The van der Waals surface area contributed by atoms with Gasteiger partial charge in [-0.25, -0.2) is 8.42 Å². The third-order valence-corrected chi connectivity index (χ3v) is 8.06. The largest absolute Gasteiger partial charge is 0.494 e. The van der Waals surface area contributed by atoms with E-state index in [9.17, 15) is 13.2 Å². The lowest BCUT2D eigenvalue weighted by Crippen LogP contribution is -2.50. The van der Waals surface area contributed by atoms with Crippen molar-refractivity contribution >= 4 is 27.3 Å². The van der Waals surface area contributed by atoms with Crippen LogP contribution in [-0.4, -0.2) is 56.3 Å². The standard InChI is InChI=1S/C23H24N2O4S2/c1-2-29-19-8-10-20(11-9-19)31(27,28)25-15-13-24(14-16-25)23(26)22-21(12-17-30-22)18-6-4-3-5-7-18/h3-12,17H,2,13-16H2,1H3. The number of benzene rings is 2. The molecule has 162 valence electrons. The van der Waals surface area contributed by atoms with Crippen LogP contribution in [0.4, 0.5) is 0 Å². The van der Waals surface area contributed by atoms with Crippen LogP contribution in [-0.2, 0) is 10.0 Å². The fourth-order valence-electron chi connectivity index (χ4n) is 3.62. The maximum absolute atomic E-state index is 13.1. The van der Waals surface area contributed by atoms with Gasteiger partial charge in [0.25, 0.3) is 5.91 Å². The van der Waals surface area contributed by atoms with E-state index in [-0.39, 0.29) is 23.9 Å². The van der Waals surface area contributed by atoms with Crippen LogP contribution in [0.3, 0.4) is 0 Å². The van der Waals surface area contributed by atoms with Gasteiger partial charge in [0.15, 0.2) is 0 Å². The smallest absolute Gasteiger partial charge is 0.264 e. The predicted octanol–water partition coefficient (Wildman–Crippen LogP) is 3.96. The van der Waals surface area contributed by atoms with Gasteiger partial charge in [0.1, 0.15) is 5.75 Å². The van der Waals surface area contributed by atoms with Crippen LogP contribution in [0.2, 0.25) is 0 Å². The third-order valence-electron chi connectivity index (χ3n) is 5.24. The maximum Gasteiger partial charge on any atom is 0.264 e. The van der Waals surface area contributed by atoms with E-state index in [0.29, 0.717) is 30.3 Å². The van der Waals surface area contributed by atoms with Crippen molar-refractivity contribution in [3.05, 3.63) is 70.9 Å². The van der Waals surface area contributed by atoms with E-state index in [1.807, 2.05) is 48.7 Å². The molecule has 8 heteroatoms. The minimum absolute atomic E-state index is 0.0491. The van der Waals surface area contributed by atoms with Crippen molar-refractivity contribution in [2.75, 3.05) is 32.8 Å². The fraction of sp³-hybridized carbons (Fsp3) is 0.261. The number of thiophene rings is 1. The average molecular weight is 457 g/mol. The Kier molecular flexibility index (Phi) is 6.41. The number of sulfonamides is 1. The molecule has 1 aliphatic heterocycles. The lowest BCUT2D eigenvalue weighted by molar-refractivity contribution is 0.0703. The first-order valence-electron chi connectivity index (χ1n) is 10.2. The molecular weight excluding hydrogens is 432 g/mol. The molecule has 0 spiro atoms. The molecule has 0 aliphatic carbocycles. The lowest BCUT2D eigenvalue weighted by Gasteiger charge is -2.34. The van der Waals surface area contributed by atoms with Gasteiger partial charge in [-0.15, -0.1) is 11.3 Å². The molecule has 2 aromatic carbocycles. The van der Waals surface area contributed by atoms with Crippen molar-refractivity contribution in [2.45, 2.75) is 11.8 Å². The summed E-state index contributed by atoms with van der Waals surface area (Å²) >= 11 is 1.42. The number of carbonyl (C=O) groups excluding carboxylic acids is 1. The number of hydrogen-bond donors (Lipinski definition) is 0. The van der Waals surface area contributed by atoms with Crippen molar-refractivity contribution in [2.24, 2.45) is 0 Å². The van der Waals surface area contributed by atoms with Crippen LogP contribution in [0, 0.1) is 0 Å². The summed E-state index contributed by atoms with van der Waals surface area (Å²) in [5.74, 6) is 0.592. The van der Waals surface area contributed by atoms with Gasteiger partial charge in [-0.3, -0.25) is 4.79 Å². The number of carbonyl (C=O) groups is 1. The fourth-order valence-corrected chi connectivity index (χ4v) is 5.92. The Balaban J connectivity index is 1.44. The van der Waals surface area contributed by atoms with Crippen LogP contribution in [0.5, 0.6) is 5.75 Å². The lowest BCUT2D eigenvalue weighted by atomic mass is 10.1. The molecule has 4 rings (SSSR count). The monoisotopic (exact) mass is 456 g/mol. The highest BCUT2D eigenvalue weighted by Gasteiger charge is 2.31. The van der Waals surface area contributed by atoms with Gasteiger partial charge in [0.2, 0.25) is 10.0 Å². The summed E-state index contributed by atoms with van der Waals surface area (Å²) < 4.78 is 32.8. The Morgan fingerprint density at radius 1 is 0.968 bits per heavy atom. The number of amides is 1. The highest BCUT2D eigenvalue weighted by Crippen LogP contribution is 2.30. The van der Waals surface area contributed by atoms with E-state index in [1.54, 1.807) is 29.2 Å². The van der Waals surface area contributed by atoms with E-state index in [4.69, 9.17) is 4.74 Å². The Labute approximate surface area is 186 Å². The summed E-state index contributed by atoms with van der Waals surface area (Å²) in [6.07, 6.45) is 0. The Morgan fingerprint density at radius 2 is 1.65 bits per heavy atom. The first-order chi connectivity index (χ1) is 15.0. The summed E-state index contributed by atoms with van der Waals surface area (Å²) in [6.45, 7) is 3.67. The Bertz CT molecular complexity index is 1130. The van der Waals surface area contributed by atoms with E-state index < -0.39 is 10.0 Å². The van der Waals surface area contributed by atoms with Crippen LogP contribution < -0.4 is 4.74 Å². The van der Waals surface area contributed by atoms with Crippen molar-refractivity contribution in [3.8, 4) is 16.9 Å². The minimum Gasteiger partial charge on any atom is -0.494 e. The number of rotatable bonds is 6. The molecule has 1 aromatic heterocycles. The molecule has 6 nitrogen and oxygen atoms in total. The summed E-state index contributed by atoms with van der Waals surface area (Å²) in [5.41, 5.74) is 1.92. The van der Waals surface area contributed by atoms with Crippen molar-refractivity contribution in [1.29, 1.82) is 0 Å². The summed E-state index contributed by atoms with van der Waals surface area (Å²) in [4.78, 5) is 15.8. The summed E-state index contributed by atoms with van der Waals surface area (Å²) in [6, 6.07) is 18.2. The quantitative estimate of drug-likeness (QED) is 0.563. The molecule has 2 heterocycles. The van der Waals surface area contributed by atoms with E-state index >= 15 is 0 Å². The number of ether oxygens (including phenoxy) is 1. The molecule has 1 aliphatic rings. The molecule has 0 atom stereocenters. The molecule has 1 saturated heterocycles. The summed E-state index contributed by atoms with van der Waals surface area (Å²) in [7, 11) is -3.61. The second-order valence-electron chi connectivity index (χ2n) is 7.13. The van der Waals surface area contributed by atoms with E-state index in [1.165, 1.54) is 15.6 Å². The van der Waals surface area contributed by atoms with Gasteiger partial charge in [-0.2, -0.15) is 4.31 Å². The first kappa shape index (κ1) is 21.5. The predicted molar refractivity (Wildman–Crippen MR) is 122 cm³/mol. The van der Waals surface area contributed by atoms with Gasteiger partial charge in [0, 0.05) is 31.7 Å². The Hall–Kier alpha value is -2.68. The molecule has 1 amide bonds. The zero-order chi connectivity index (χ0) is 21.8. The molecule has 0 saturated carbocycles. The van der Waals surface area contributed by atoms with Gasteiger partial charge in [-0.1, -0.05) is 30.3 Å². The van der Waals surface area contributed by atoms with Crippen LogP contribution in [0.1, 0.15) is 16.6 Å². The topological polar surface area (TPSA) is 66.9 Å². The third kappa shape index (κ3) is 4.51. The van der Waals surface area contributed by atoms with Gasteiger partial charge < -0.3 is 9.64 Å². The van der Waals surface area contributed by atoms with Gasteiger partial charge in [-0.05, 0) is 48.2 Å².